The molecule has 0 radical (unpaired) electrons. The molecule has 0 bridgehead atoms. The smallest absolute Gasteiger partial charge is 0.118 e. The van der Waals surface area contributed by atoms with E-state index in [0.717, 1.165) is 18.3 Å². The van der Waals surface area contributed by atoms with E-state index in [0.29, 0.717) is 6.10 Å². The highest BCUT2D eigenvalue weighted by atomic mass is 16.5. The third-order valence-electron chi connectivity index (χ3n) is 3.61. The lowest BCUT2D eigenvalue weighted by atomic mass is 9.89. The van der Waals surface area contributed by atoms with Crippen molar-refractivity contribution in [3.8, 4) is 5.75 Å². The summed E-state index contributed by atoms with van der Waals surface area (Å²) in [6.45, 7) is 3.06. The molecule has 2 nitrogen and oxygen atoms in total. The molecule has 0 N–H and O–H groups in total. The second-order valence-corrected chi connectivity index (χ2v) is 5.04. The first-order valence-electron chi connectivity index (χ1n) is 6.52. The van der Waals surface area contributed by atoms with Crippen LogP contribution in [0.1, 0.15) is 38.2 Å². The van der Waals surface area contributed by atoms with E-state index in [1.54, 1.807) is 7.11 Å². The van der Waals surface area contributed by atoms with E-state index in [-0.39, 0.29) is 0 Å². The molecule has 17 heavy (non-hydrogen) atoms. The molecule has 0 aliphatic heterocycles. The number of ether oxygens (including phenoxy) is 2. The van der Waals surface area contributed by atoms with Crippen LogP contribution < -0.4 is 4.74 Å². The Morgan fingerprint density at radius 1 is 1.06 bits per heavy atom. The summed E-state index contributed by atoms with van der Waals surface area (Å²) in [4.78, 5) is 0. The van der Waals surface area contributed by atoms with E-state index in [2.05, 4.69) is 19.1 Å². The Hall–Kier alpha value is -1.02. The van der Waals surface area contributed by atoms with Crippen molar-refractivity contribution < 1.29 is 9.47 Å². The van der Waals surface area contributed by atoms with Crippen molar-refractivity contribution >= 4 is 0 Å². The second kappa shape index (κ2) is 6.06. The Kier molecular flexibility index (Phi) is 4.43. The van der Waals surface area contributed by atoms with Gasteiger partial charge in [-0.25, -0.2) is 0 Å². The summed E-state index contributed by atoms with van der Waals surface area (Å²) in [5, 5.41) is 0. The number of hydrogen-bond donors (Lipinski definition) is 0. The molecule has 1 fully saturated rings. The lowest BCUT2D eigenvalue weighted by Gasteiger charge is -2.26. The van der Waals surface area contributed by atoms with Crippen LogP contribution in [-0.4, -0.2) is 13.2 Å². The predicted molar refractivity (Wildman–Crippen MR) is 69.2 cm³/mol. The van der Waals surface area contributed by atoms with Gasteiger partial charge in [0, 0.05) is 0 Å². The number of rotatable bonds is 4. The van der Waals surface area contributed by atoms with E-state index in [9.17, 15) is 0 Å². The Morgan fingerprint density at radius 3 is 2.29 bits per heavy atom. The Balaban J connectivity index is 1.77. The fourth-order valence-electron chi connectivity index (χ4n) is 2.33. The van der Waals surface area contributed by atoms with Gasteiger partial charge in [0.05, 0.1) is 19.8 Å². The van der Waals surface area contributed by atoms with Crippen molar-refractivity contribution in [3.05, 3.63) is 29.8 Å². The highest BCUT2D eigenvalue weighted by Crippen LogP contribution is 2.26. The van der Waals surface area contributed by atoms with Gasteiger partial charge in [0.15, 0.2) is 0 Å². The molecule has 0 heterocycles. The Bertz CT molecular complexity index is 323. The van der Waals surface area contributed by atoms with E-state index >= 15 is 0 Å². The summed E-state index contributed by atoms with van der Waals surface area (Å²) in [5.41, 5.74) is 1.23. The summed E-state index contributed by atoms with van der Waals surface area (Å²) in [5.74, 6) is 1.79. The molecule has 1 aliphatic carbocycles. The SMILES string of the molecule is COc1ccc(COC2CCC(C)CC2)cc1. The molecule has 0 atom stereocenters. The maximum Gasteiger partial charge on any atom is 0.118 e. The van der Waals surface area contributed by atoms with Crippen LogP contribution in [-0.2, 0) is 11.3 Å². The molecule has 2 rings (SSSR count). The Morgan fingerprint density at radius 2 is 1.71 bits per heavy atom. The van der Waals surface area contributed by atoms with Gasteiger partial charge in [0.2, 0.25) is 0 Å². The molecule has 1 aromatic rings. The maximum atomic E-state index is 5.95. The van der Waals surface area contributed by atoms with Gasteiger partial charge in [-0.2, -0.15) is 0 Å². The molecule has 0 saturated heterocycles. The first-order chi connectivity index (χ1) is 8.28. The fourth-order valence-corrected chi connectivity index (χ4v) is 2.33. The van der Waals surface area contributed by atoms with Gasteiger partial charge in [0.25, 0.3) is 0 Å². The largest absolute Gasteiger partial charge is 0.497 e. The van der Waals surface area contributed by atoms with Crippen LogP contribution in [0.15, 0.2) is 24.3 Å². The van der Waals surface area contributed by atoms with Crippen LogP contribution in [0.25, 0.3) is 0 Å². The third-order valence-corrected chi connectivity index (χ3v) is 3.61. The van der Waals surface area contributed by atoms with Crippen LogP contribution in [0.3, 0.4) is 0 Å². The van der Waals surface area contributed by atoms with E-state index in [4.69, 9.17) is 9.47 Å². The van der Waals surface area contributed by atoms with Gasteiger partial charge in [0.1, 0.15) is 5.75 Å². The van der Waals surface area contributed by atoms with Crippen LogP contribution in [0.2, 0.25) is 0 Å². The van der Waals surface area contributed by atoms with Gasteiger partial charge in [-0.15, -0.1) is 0 Å². The lowest BCUT2D eigenvalue weighted by molar-refractivity contribution is 0.00876. The fraction of sp³-hybridized carbons (Fsp3) is 0.600. The zero-order chi connectivity index (χ0) is 12.1. The molecule has 0 spiro atoms. The van der Waals surface area contributed by atoms with Crippen LogP contribution in [0.4, 0.5) is 0 Å². The van der Waals surface area contributed by atoms with Crippen molar-refractivity contribution in [3.63, 3.8) is 0 Å². The molecule has 0 aromatic heterocycles. The zero-order valence-corrected chi connectivity index (χ0v) is 10.8. The maximum absolute atomic E-state index is 5.95. The standard InChI is InChI=1S/C15H22O2/c1-12-3-7-15(8-4-12)17-11-13-5-9-14(16-2)10-6-13/h5-6,9-10,12,15H,3-4,7-8,11H2,1-2H3. The summed E-state index contributed by atoms with van der Waals surface area (Å²) in [6, 6.07) is 8.12. The first-order valence-corrected chi connectivity index (χ1v) is 6.52. The van der Waals surface area contributed by atoms with Gasteiger partial charge in [-0.05, 0) is 49.3 Å². The monoisotopic (exact) mass is 234 g/mol. The van der Waals surface area contributed by atoms with Gasteiger partial charge < -0.3 is 9.47 Å². The highest BCUT2D eigenvalue weighted by Gasteiger charge is 2.18. The quantitative estimate of drug-likeness (QED) is 0.789. The predicted octanol–water partition coefficient (Wildman–Crippen LogP) is 3.79. The molecule has 1 saturated carbocycles. The average Bonchev–Trinajstić information content (AvgIpc) is 2.39. The number of hydrogen-bond acceptors (Lipinski definition) is 2. The molecular weight excluding hydrogens is 212 g/mol. The molecular formula is C15H22O2. The first kappa shape index (κ1) is 12.4. The number of methoxy groups -OCH3 is 1. The second-order valence-electron chi connectivity index (χ2n) is 5.04. The molecule has 2 heteroatoms. The Labute approximate surface area is 104 Å². The van der Waals surface area contributed by atoms with E-state index < -0.39 is 0 Å². The zero-order valence-electron chi connectivity index (χ0n) is 10.8. The normalized spacial score (nSPS) is 24.6. The van der Waals surface area contributed by atoms with E-state index in [1.165, 1.54) is 31.2 Å². The number of benzene rings is 1. The highest BCUT2D eigenvalue weighted by molar-refractivity contribution is 5.26. The molecule has 94 valence electrons. The van der Waals surface area contributed by atoms with Crippen molar-refractivity contribution in [2.75, 3.05) is 7.11 Å². The van der Waals surface area contributed by atoms with Gasteiger partial charge in [-0.3, -0.25) is 0 Å². The minimum atomic E-state index is 0.466. The van der Waals surface area contributed by atoms with Gasteiger partial charge in [-0.1, -0.05) is 19.1 Å². The lowest BCUT2D eigenvalue weighted by Crippen LogP contribution is -2.20. The topological polar surface area (TPSA) is 18.5 Å². The molecule has 0 amide bonds. The summed E-state index contributed by atoms with van der Waals surface area (Å²) >= 11 is 0. The average molecular weight is 234 g/mol. The van der Waals surface area contributed by atoms with Crippen LogP contribution >= 0.6 is 0 Å². The van der Waals surface area contributed by atoms with E-state index in [1.807, 2.05) is 12.1 Å². The summed E-state index contributed by atoms with van der Waals surface area (Å²) in [6.07, 6.45) is 5.53. The minimum Gasteiger partial charge on any atom is -0.497 e. The van der Waals surface area contributed by atoms with Crippen molar-refractivity contribution in [1.29, 1.82) is 0 Å². The van der Waals surface area contributed by atoms with Gasteiger partial charge >= 0.3 is 0 Å². The van der Waals surface area contributed by atoms with Crippen LogP contribution in [0.5, 0.6) is 5.75 Å². The minimum absolute atomic E-state index is 0.466. The van der Waals surface area contributed by atoms with Crippen molar-refractivity contribution in [2.45, 2.75) is 45.3 Å². The summed E-state index contributed by atoms with van der Waals surface area (Å²) < 4.78 is 11.1. The third kappa shape index (κ3) is 3.74. The molecule has 1 aliphatic rings. The van der Waals surface area contributed by atoms with Crippen molar-refractivity contribution in [1.82, 2.24) is 0 Å². The summed E-state index contributed by atoms with van der Waals surface area (Å²) in [7, 11) is 1.69. The molecule has 0 unspecified atom stereocenters. The van der Waals surface area contributed by atoms with Crippen molar-refractivity contribution in [2.24, 2.45) is 5.92 Å². The van der Waals surface area contributed by atoms with Crippen LogP contribution in [0, 0.1) is 5.92 Å². The molecule has 1 aromatic carbocycles.